The van der Waals surface area contributed by atoms with Crippen molar-refractivity contribution in [2.45, 2.75) is 116 Å². The first kappa shape index (κ1) is 29.2. The van der Waals surface area contributed by atoms with Gasteiger partial charge in [-0.15, -0.1) is 0 Å². The summed E-state index contributed by atoms with van der Waals surface area (Å²) < 4.78 is 0. The van der Waals surface area contributed by atoms with Crippen LogP contribution in [0.2, 0.25) is 0 Å². The second kappa shape index (κ2) is 26.2. The molecular formula is C29H48O2. The van der Waals surface area contributed by atoms with E-state index < -0.39 is 5.97 Å². The van der Waals surface area contributed by atoms with E-state index in [9.17, 15) is 4.79 Å². The Labute approximate surface area is 192 Å². The Balaban J connectivity index is 3.37. The quantitative estimate of drug-likeness (QED) is 0.138. The fourth-order valence-electron chi connectivity index (χ4n) is 3.25. The molecule has 0 saturated carbocycles. The van der Waals surface area contributed by atoms with Gasteiger partial charge in [0, 0.05) is 6.42 Å². The molecule has 0 fully saturated rings. The van der Waals surface area contributed by atoms with Crippen molar-refractivity contribution in [1.82, 2.24) is 0 Å². The lowest BCUT2D eigenvalue weighted by molar-refractivity contribution is -0.137. The van der Waals surface area contributed by atoms with E-state index in [1.165, 1.54) is 64.2 Å². The molecule has 31 heavy (non-hydrogen) atoms. The lowest BCUT2D eigenvalue weighted by Gasteiger charge is -2.00. The van der Waals surface area contributed by atoms with Gasteiger partial charge in [-0.05, 0) is 57.8 Å². The molecule has 0 unspecified atom stereocenters. The minimum Gasteiger partial charge on any atom is -0.481 e. The molecule has 0 aromatic rings. The van der Waals surface area contributed by atoms with Gasteiger partial charge in [0.25, 0.3) is 0 Å². The number of aliphatic carboxylic acids is 1. The molecule has 176 valence electrons. The number of hydrogen-bond donors (Lipinski definition) is 1. The summed E-state index contributed by atoms with van der Waals surface area (Å²) in [6.07, 6.45) is 41.6. The van der Waals surface area contributed by atoms with Gasteiger partial charge in [-0.2, -0.15) is 0 Å². The number of rotatable bonds is 22. The summed E-state index contributed by atoms with van der Waals surface area (Å²) >= 11 is 0. The Morgan fingerprint density at radius 2 is 0.871 bits per heavy atom. The van der Waals surface area contributed by atoms with Crippen molar-refractivity contribution in [2.24, 2.45) is 0 Å². The molecule has 0 radical (unpaired) electrons. The van der Waals surface area contributed by atoms with E-state index in [0.29, 0.717) is 6.42 Å². The van der Waals surface area contributed by atoms with Gasteiger partial charge in [0.2, 0.25) is 0 Å². The van der Waals surface area contributed by atoms with Crippen molar-refractivity contribution >= 4 is 5.97 Å². The van der Waals surface area contributed by atoms with Crippen molar-refractivity contribution in [3.8, 4) is 0 Å². The number of hydrogen-bond acceptors (Lipinski definition) is 1. The zero-order valence-corrected chi connectivity index (χ0v) is 20.1. The molecule has 0 amide bonds. The summed E-state index contributed by atoms with van der Waals surface area (Å²) in [7, 11) is 0. The summed E-state index contributed by atoms with van der Waals surface area (Å²) in [5.41, 5.74) is 0. The highest BCUT2D eigenvalue weighted by atomic mass is 16.4. The second-order valence-electron chi connectivity index (χ2n) is 8.20. The van der Waals surface area contributed by atoms with E-state index in [4.69, 9.17) is 5.11 Å². The Morgan fingerprint density at radius 1 is 0.516 bits per heavy atom. The normalized spacial score (nSPS) is 12.5. The first-order valence-corrected chi connectivity index (χ1v) is 12.7. The monoisotopic (exact) mass is 428 g/mol. The summed E-state index contributed by atoms with van der Waals surface area (Å²) in [6.45, 7) is 2.25. The maximum atomic E-state index is 10.4. The molecule has 2 nitrogen and oxygen atoms in total. The highest BCUT2D eigenvalue weighted by Crippen LogP contribution is 2.10. The third kappa shape index (κ3) is 28.2. The molecule has 0 aliphatic heterocycles. The Bertz CT molecular complexity index is 523. The number of carboxylic acids is 1. The molecule has 0 bridgehead atoms. The smallest absolute Gasteiger partial charge is 0.303 e. The Hall–Kier alpha value is -1.83. The van der Waals surface area contributed by atoms with Crippen molar-refractivity contribution in [2.75, 3.05) is 0 Å². The Kier molecular flexibility index (Phi) is 24.7. The lowest BCUT2D eigenvalue weighted by Crippen LogP contribution is -1.93. The van der Waals surface area contributed by atoms with E-state index >= 15 is 0 Å². The summed E-state index contributed by atoms with van der Waals surface area (Å²) in [5, 5.41) is 8.58. The number of unbranched alkanes of at least 4 members (excludes halogenated alkanes) is 10. The second-order valence-corrected chi connectivity index (χ2v) is 8.20. The fraction of sp³-hybridized carbons (Fsp3) is 0.621. The van der Waals surface area contributed by atoms with Crippen LogP contribution in [0.25, 0.3) is 0 Å². The van der Waals surface area contributed by atoms with Crippen LogP contribution in [0.4, 0.5) is 0 Å². The SMILES string of the molecule is CCCCCC=CCC=CCC=CCC=CCC=CCCCCCCCCCC(=O)O. The third-order valence-corrected chi connectivity index (χ3v) is 5.16. The van der Waals surface area contributed by atoms with Crippen LogP contribution in [0, 0.1) is 0 Å². The Morgan fingerprint density at radius 3 is 1.29 bits per heavy atom. The molecule has 0 saturated heterocycles. The van der Waals surface area contributed by atoms with Gasteiger partial charge >= 0.3 is 5.97 Å². The van der Waals surface area contributed by atoms with Crippen molar-refractivity contribution < 1.29 is 9.90 Å². The van der Waals surface area contributed by atoms with Gasteiger partial charge in [0.1, 0.15) is 0 Å². The fourth-order valence-corrected chi connectivity index (χ4v) is 3.25. The third-order valence-electron chi connectivity index (χ3n) is 5.16. The molecule has 0 atom stereocenters. The van der Waals surface area contributed by atoms with Crippen molar-refractivity contribution in [3.05, 3.63) is 60.8 Å². The van der Waals surface area contributed by atoms with Crippen LogP contribution in [0.15, 0.2) is 60.8 Å². The van der Waals surface area contributed by atoms with Crippen LogP contribution in [0.1, 0.15) is 116 Å². The first-order chi connectivity index (χ1) is 15.3. The van der Waals surface area contributed by atoms with Crippen LogP contribution in [-0.2, 0) is 4.79 Å². The van der Waals surface area contributed by atoms with Crippen LogP contribution in [0.5, 0.6) is 0 Å². The molecular weight excluding hydrogens is 380 g/mol. The number of allylic oxidation sites excluding steroid dienone is 10. The molecule has 0 heterocycles. The molecule has 0 aliphatic rings. The van der Waals surface area contributed by atoms with Gasteiger partial charge in [0.05, 0.1) is 0 Å². The average molecular weight is 429 g/mol. The zero-order valence-electron chi connectivity index (χ0n) is 20.1. The van der Waals surface area contributed by atoms with Crippen LogP contribution in [0.3, 0.4) is 0 Å². The predicted molar refractivity (Wildman–Crippen MR) is 137 cm³/mol. The largest absolute Gasteiger partial charge is 0.481 e. The van der Waals surface area contributed by atoms with E-state index in [1.807, 2.05) is 0 Å². The van der Waals surface area contributed by atoms with Gasteiger partial charge in [-0.1, -0.05) is 113 Å². The van der Waals surface area contributed by atoms with Gasteiger partial charge in [-0.25, -0.2) is 0 Å². The minimum atomic E-state index is -0.669. The maximum absolute atomic E-state index is 10.4. The highest BCUT2D eigenvalue weighted by Gasteiger charge is 1.96. The van der Waals surface area contributed by atoms with Crippen LogP contribution in [-0.4, -0.2) is 11.1 Å². The highest BCUT2D eigenvalue weighted by molar-refractivity contribution is 5.66. The van der Waals surface area contributed by atoms with Crippen LogP contribution >= 0.6 is 0 Å². The molecule has 0 spiro atoms. The van der Waals surface area contributed by atoms with E-state index in [1.54, 1.807) is 0 Å². The van der Waals surface area contributed by atoms with Gasteiger partial charge in [-0.3, -0.25) is 4.79 Å². The van der Waals surface area contributed by atoms with Gasteiger partial charge in [0.15, 0.2) is 0 Å². The summed E-state index contributed by atoms with van der Waals surface area (Å²) in [6, 6.07) is 0. The molecule has 0 aromatic carbocycles. The lowest BCUT2D eigenvalue weighted by atomic mass is 10.1. The minimum absolute atomic E-state index is 0.324. The van der Waals surface area contributed by atoms with E-state index in [0.717, 1.165) is 38.5 Å². The van der Waals surface area contributed by atoms with E-state index in [2.05, 4.69) is 67.7 Å². The zero-order chi connectivity index (χ0) is 22.7. The number of carbonyl (C=O) groups is 1. The predicted octanol–water partition coefficient (Wildman–Crippen LogP) is 9.50. The average Bonchev–Trinajstić information content (AvgIpc) is 2.76. The topological polar surface area (TPSA) is 37.3 Å². The van der Waals surface area contributed by atoms with Gasteiger partial charge < -0.3 is 5.11 Å². The first-order valence-electron chi connectivity index (χ1n) is 12.7. The van der Waals surface area contributed by atoms with Crippen molar-refractivity contribution in [1.29, 1.82) is 0 Å². The standard InChI is InChI=1S/C29H48O2/c1-2-3-4-5-6-7-8-9-10-11-12-13-14-15-16-17-18-19-20-21-22-23-24-25-26-27-28-29(30)31/h6-7,9-10,12-13,15-16,18-19H,2-5,8,11,14,17,20-28H2,1H3,(H,30,31). The summed E-state index contributed by atoms with van der Waals surface area (Å²) in [4.78, 5) is 10.4. The molecule has 0 aromatic heterocycles. The van der Waals surface area contributed by atoms with Crippen molar-refractivity contribution in [3.63, 3.8) is 0 Å². The maximum Gasteiger partial charge on any atom is 0.303 e. The van der Waals surface area contributed by atoms with Crippen LogP contribution < -0.4 is 0 Å². The van der Waals surface area contributed by atoms with E-state index in [-0.39, 0.29) is 0 Å². The molecule has 2 heteroatoms. The molecule has 0 aliphatic carbocycles. The number of carboxylic acid groups (broad SMARTS) is 1. The summed E-state index contributed by atoms with van der Waals surface area (Å²) in [5.74, 6) is -0.669. The molecule has 1 N–H and O–H groups in total. The molecule has 0 rings (SSSR count).